The van der Waals surface area contributed by atoms with Gasteiger partial charge in [-0.15, -0.1) is 5.11 Å². The van der Waals surface area contributed by atoms with E-state index >= 15 is 0 Å². The zero-order chi connectivity index (χ0) is 19.1. The topological polar surface area (TPSA) is 181 Å². The molecule has 1 aromatic heterocycles. The predicted octanol–water partition coefficient (Wildman–Crippen LogP) is 1.58. The van der Waals surface area contributed by atoms with E-state index in [2.05, 4.69) is 15.2 Å². The third-order valence-corrected chi connectivity index (χ3v) is 5.32. The molecule has 0 saturated carbocycles. The lowest BCUT2D eigenvalue weighted by atomic mass is 10.2. The molecule has 0 atom stereocenters. The predicted molar refractivity (Wildman–Crippen MR) is 93.3 cm³/mol. The Hall–Kier alpha value is -2.80. The standard InChI is InChI=1S/C14H13N5O5S2/c15-25(21,22)9-3-1-8(2-4-9)18-19-13-11-7-10(26(16,23)24)5-6-12(11)17-14(13)20/h1-7,17,20H,(H2,15,21,22)(H2,16,23,24). The number of fused-ring (bicyclic) bond motifs is 1. The minimum absolute atomic E-state index is 0.0148. The molecule has 0 radical (unpaired) electrons. The van der Waals surface area contributed by atoms with Crippen molar-refractivity contribution in [3.05, 3.63) is 42.5 Å². The van der Waals surface area contributed by atoms with Crippen LogP contribution in [0, 0.1) is 0 Å². The molecule has 26 heavy (non-hydrogen) atoms. The van der Waals surface area contributed by atoms with Gasteiger partial charge < -0.3 is 10.1 Å². The van der Waals surface area contributed by atoms with E-state index in [9.17, 15) is 21.9 Å². The van der Waals surface area contributed by atoms with Gasteiger partial charge in [-0.1, -0.05) is 0 Å². The molecule has 10 nitrogen and oxygen atoms in total. The lowest BCUT2D eigenvalue weighted by molar-refractivity contribution is 0.459. The van der Waals surface area contributed by atoms with E-state index in [1.807, 2.05) is 0 Å². The molecule has 12 heteroatoms. The summed E-state index contributed by atoms with van der Waals surface area (Å²) in [6, 6.07) is 9.28. The Labute approximate surface area is 148 Å². The number of hydrogen-bond donors (Lipinski definition) is 4. The van der Waals surface area contributed by atoms with Gasteiger partial charge in [-0.05, 0) is 42.5 Å². The van der Waals surface area contributed by atoms with E-state index in [1.54, 1.807) is 0 Å². The Bertz CT molecular complexity index is 1230. The van der Waals surface area contributed by atoms with Crippen LogP contribution in [0.1, 0.15) is 0 Å². The van der Waals surface area contributed by atoms with E-state index in [0.29, 0.717) is 16.6 Å². The second-order valence-corrected chi connectivity index (χ2v) is 8.44. The van der Waals surface area contributed by atoms with E-state index in [4.69, 9.17) is 10.3 Å². The fourth-order valence-corrected chi connectivity index (χ4v) is 3.29. The SMILES string of the molecule is NS(=O)(=O)c1ccc(N=Nc2c(O)[nH]c3ccc(S(N)(=O)=O)cc23)cc1. The maximum Gasteiger partial charge on any atom is 0.238 e. The van der Waals surface area contributed by atoms with Gasteiger partial charge in [0.25, 0.3) is 0 Å². The Morgan fingerprint density at radius 1 is 0.846 bits per heavy atom. The van der Waals surface area contributed by atoms with Crippen molar-refractivity contribution in [3.63, 3.8) is 0 Å². The first-order valence-electron chi connectivity index (χ1n) is 6.98. The number of nitrogens with zero attached hydrogens (tertiary/aromatic N) is 2. The largest absolute Gasteiger partial charge is 0.493 e. The van der Waals surface area contributed by atoms with Gasteiger partial charge in [0.1, 0.15) is 0 Å². The quantitative estimate of drug-likeness (QED) is 0.488. The minimum atomic E-state index is -3.92. The Morgan fingerprint density at radius 2 is 1.42 bits per heavy atom. The van der Waals surface area contributed by atoms with Gasteiger partial charge in [-0.3, -0.25) is 0 Å². The molecule has 0 amide bonds. The average molecular weight is 395 g/mol. The van der Waals surface area contributed by atoms with Crippen LogP contribution in [-0.4, -0.2) is 26.9 Å². The molecular formula is C14H13N5O5S2. The molecule has 1 heterocycles. The maximum atomic E-state index is 11.5. The molecule has 0 saturated heterocycles. The van der Waals surface area contributed by atoms with Gasteiger partial charge in [0.05, 0.1) is 21.0 Å². The number of nitrogens with two attached hydrogens (primary N) is 2. The van der Waals surface area contributed by atoms with Crippen LogP contribution in [0.2, 0.25) is 0 Å². The van der Waals surface area contributed by atoms with Gasteiger partial charge >= 0.3 is 0 Å². The Morgan fingerprint density at radius 3 is 2.00 bits per heavy atom. The van der Waals surface area contributed by atoms with Crippen LogP contribution < -0.4 is 10.3 Å². The number of hydrogen-bond acceptors (Lipinski definition) is 7. The van der Waals surface area contributed by atoms with Gasteiger partial charge in [0, 0.05) is 5.39 Å². The number of primary sulfonamides is 2. The number of benzene rings is 2. The van der Waals surface area contributed by atoms with Crippen molar-refractivity contribution in [1.82, 2.24) is 4.98 Å². The molecule has 136 valence electrons. The molecule has 0 fully saturated rings. The highest BCUT2D eigenvalue weighted by molar-refractivity contribution is 7.89. The lowest BCUT2D eigenvalue weighted by Gasteiger charge is -1.99. The van der Waals surface area contributed by atoms with Crippen molar-refractivity contribution in [1.29, 1.82) is 0 Å². The highest BCUT2D eigenvalue weighted by Crippen LogP contribution is 2.37. The number of sulfonamides is 2. The number of rotatable bonds is 4. The third kappa shape index (κ3) is 3.57. The van der Waals surface area contributed by atoms with Gasteiger partial charge in [0.15, 0.2) is 5.69 Å². The molecule has 6 N–H and O–H groups in total. The van der Waals surface area contributed by atoms with Crippen LogP contribution >= 0.6 is 0 Å². The first kappa shape index (κ1) is 18.0. The van der Waals surface area contributed by atoms with Crippen LogP contribution in [0.4, 0.5) is 11.4 Å². The highest BCUT2D eigenvalue weighted by atomic mass is 32.2. The van der Waals surface area contributed by atoms with Gasteiger partial charge in [0.2, 0.25) is 25.9 Å². The van der Waals surface area contributed by atoms with Gasteiger partial charge in [-0.25, -0.2) is 27.1 Å². The Balaban J connectivity index is 2.02. The molecule has 3 rings (SSSR count). The molecule has 3 aromatic rings. The smallest absolute Gasteiger partial charge is 0.238 e. The molecular weight excluding hydrogens is 382 g/mol. The number of H-pyrrole nitrogens is 1. The lowest BCUT2D eigenvalue weighted by Crippen LogP contribution is -2.11. The van der Waals surface area contributed by atoms with Crippen molar-refractivity contribution in [3.8, 4) is 5.88 Å². The number of aromatic amines is 1. The first-order valence-corrected chi connectivity index (χ1v) is 10.1. The Kier molecular flexibility index (Phi) is 4.28. The first-order chi connectivity index (χ1) is 12.1. The summed E-state index contributed by atoms with van der Waals surface area (Å²) < 4.78 is 45.4. The molecule has 0 unspecified atom stereocenters. The van der Waals surface area contributed by atoms with Crippen molar-refractivity contribution in [2.75, 3.05) is 0 Å². The molecule has 2 aromatic carbocycles. The van der Waals surface area contributed by atoms with Crippen molar-refractivity contribution >= 4 is 42.3 Å². The van der Waals surface area contributed by atoms with E-state index in [-0.39, 0.29) is 21.4 Å². The van der Waals surface area contributed by atoms with Crippen molar-refractivity contribution < 1.29 is 21.9 Å². The van der Waals surface area contributed by atoms with Crippen molar-refractivity contribution in [2.24, 2.45) is 20.5 Å². The number of aromatic nitrogens is 1. The summed E-state index contributed by atoms with van der Waals surface area (Å²) in [7, 11) is -7.74. The maximum absolute atomic E-state index is 11.5. The molecule has 0 aliphatic carbocycles. The van der Waals surface area contributed by atoms with Crippen LogP contribution in [-0.2, 0) is 20.0 Å². The van der Waals surface area contributed by atoms with E-state index < -0.39 is 20.0 Å². The second-order valence-electron chi connectivity index (χ2n) is 5.31. The fourth-order valence-electron chi connectivity index (χ4n) is 2.23. The van der Waals surface area contributed by atoms with Gasteiger partial charge in [-0.2, -0.15) is 5.11 Å². The normalized spacial score (nSPS) is 12.8. The molecule has 0 aliphatic rings. The number of aromatic hydroxyl groups is 1. The van der Waals surface area contributed by atoms with E-state index in [0.717, 1.165) is 0 Å². The summed E-state index contributed by atoms with van der Waals surface area (Å²) >= 11 is 0. The molecule has 0 aliphatic heterocycles. The second kappa shape index (κ2) is 6.17. The summed E-state index contributed by atoms with van der Waals surface area (Å²) in [5, 5.41) is 28.2. The summed E-state index contributed by atoms with van der Waals surface area (Å²) in [6.07, 6.45) is 0. The zero-order valence-electron chi connectivity index (χ0n) is 13.0. The molecule has 0 spiro atoms. The van der Waals surface area contributed by atoms with Crippen molar-refractivity contribution in [2.45, 2.75) is 9.79 Å². The summed E-state index contributed by atoms with van der Waals surface area (Å²) in [6.45, 7) is 0. The van der Waals surface area contributed by atoms with Crippen LogP contribution in [0.15, 0.2) is 62.5 Å². The van der Waals surface area contributed by atoms with Crippen LogP contribution in [0.25, 0.3) is 10.9 Å². The highest BCUT2D eigenvalue weighted by Gasteiger charge is 2.15. The zero-order valence-corrected chi connectivity index (χ0v) is 14.6. The fraction of sp³-hybridized carbons (Fsp3) is 0. The van der Waals surface area contributed by atoms with E-state index in [1.165, 1.54) is 42.5 Å². The monoisotopic (exact) mass is 395 g/mol. The minimum Gasteiger partial charge on any atom is -0.493 e. The summed E-state index contributed by atoms with van der Waals surface area (Å²) in [5.74, 6) is -0.309. The third-order valence-electron chi connectivity index (χ3n) is 3.48. The summed E-state index contributed by atoms with van der Waals surface area (Å²) in [5.41, 5.74) is 0.753. The van der Waals surface area contributed by atoms with Crippen LogP contribution in [0.5, 0.6) is 5.88 Å². The number of nitrogens with one attached hydrogen (secondary N) is 1. The average Bonchev–Trinajstić information content (AvgIpc) is 2.86. The molecule has 0 bridgehead atoms. The van der Waals surface area contributed by atoms with Crippen LogP contribution in [0.3, 0.4) is 0 Å². The number of azo groups is 1. The summed E-state index contributed by atoms with van der Waals surface area (Å²) in [4.78, 5) is 2.42.